The van der Waals surface area contributed by atoms with E-state index in [-0.39, 0.29) is 44.0 Å². The van der Waals surface area contributed by atoms with Gasteiger partial charge in [-0.1, -0.05) is 13.8 Å². The van der Waals surface area contributed by atoms with E-state index in [2.05, 4.69) is 29.4 Å². The number of carbonyl (C=O) groups is 5. The molecule has 15 nitrogen and oxygen atoms in total. The molecule has 0 aliphatic carbocycles. The fourth-order valence-corrected chi connectivity index (χ4v) is 5.49. The molecule has 0 saturated carbocycles. The number of carboxylic acids is 3. The topological polar surface area (TPSA) is 186 Å². The molecule has 0 aromatic carbocycles. The number of carboxylic acid groups (broad SMARTS) is 3. The molecular weight excluding hydrogens is 574 g/mol. The Bertz CT molecular complexity index is 897. The highest BCUT2D eigenvalue weighted by molar-refractivity contribution is 5.79. The molecule has 252 valence electrons. The number of likely N-dealkylation sites (tertiary alicyclic amines) is 1. The highest BCUT2D eigenvalue weighted by atomic mass is 16.4. The predicted octanol–water partition coefficient (Wildman–Crippen LogP) is -1.41. The first-order valence-electron chi connectivity index (χ1n) is 15.7. The first kappa shape index (κ1) is 37.3. The van der Waals surface area contributed by atoms with Gasteiger partial charge in [0.2, 0.25) is 11.8 Å². The fourth-order valence-electron chi connectivity index (χ4n) is 5.49. The van der Waals surface area contributed by atoms with E-state index in [9.17, 15) is 39.3 Å². The van der Waals surface area contributed by atoms with Crippen LogP contribution < -0.4 is 10.6 Å². The molecule has 2 fully saturated rings. The zero-order chi connectivity index (χ0) is 32.5. The summed E-state index contributed by atoms with van der Waals surface area (Å²) in [4.78, 5) is 68.8. The fraction of sp³-hybridized carbons (Fsp3) is 0.828. The summed E-state index contributed by atoms with van der Waals surface area (Å²) in [6.07, 6.45) is 3.52. The average molecular weight is 628 g/mol. The van der Waals surface area contributed by atoms with Gasteiger partial charge in [0.25, 0.3) is 0 Å². The minimum atomic E-state index is -1.01. The Hall–Kier alpha value is -2.85. The predicted molar refractivity (Wildman–Crippen MR) is 163 cm³/mol. The molecule has 2 heterocycles. The first-order chi connectivity index (χ1) is 20.9. The molecule has 0 bridgehead atoms. The van der Waals surface area contributed by atoms with Crippen molar-refractivity contribution in [2.75, 3.05) is 105 Å². The average Bonchev–Trinajstić information content (AvgIpc) is 2.92. The van der Waals surface area contributed by atoms with Crippen LogP contribution in [-0.2, 0) is 24.0 Å². The van der Waals surface area contributed by atoms with Crippen LogP contribution in [0.5, 0.6) is 0 Å². The summed E-state index contributed by atoms with van der Waals surface area (Å²) >= 11 is 0. The van der Waals surface area contributed by atoms with Gasteiger partial charge < -0.3 is 26.0 Å². The molecule has 2 aliphatic rings. The van der Waals surface area contributed by atoms with E-state index in [4.69, 9.17) is 0 Å². The van der Waals surface area contributed by atoms with Crippen molar-refractivity contribution < 1.29 is 39.3 Å². The molecule has 0 aromatic rings. The molecule has 2 aliphatic heterocycles. The van der Waals surface area contributed by atoms with E-state index in [1.165, 1.54) is 0 Å². The molecule has 5 N–H and O–H groups in total. The summed E-state index contributed by atoms with van der Waals surface area (Å²) in [7, 11) is 0. The molecular formula is C29H53N7O8. The van der Waals surface area contributed by atoms with Gasteiger partial charge in [-0.05, 0) is 31.6 Å². The van der Waals surface area contributed by atoms with E-state index in [1.54, 1.807) is 14.7 Å². The van der Waals surface area contributed by atoms with Gasteiger partial charge in [-0.15, -0.1) is 0 Å². The minimum absolute atomic E-state index is 0.00691. The standard InChI is InChI=1S/C29H53N7O8/c1-23(2)4-3-7-30-25(37)18-32-8-5-24(6-9-32)31-26(38)19-33-10-12-34(20-27(39)40)14-16-36(22-29(43)44)17-15-35(13-11-33)21-28(41)42/h23-24H,3-22H2,1-2H3,(H,30,37)(H,31,38)(H,39,40)(H,41,42)(H,43,44). The van der Waals surface area contributed by atoms with Crippen molar-refractivity contribution in [3.63, 3.8) is 0 Å². The largest absolute Gasteiger partial charge is 0.480 e. The molecule has 0 radical (unpaired) electrons. The molecule has 2 rings (SSSR count). The van der Waals surface area contributed by atoms with Gasteiger partial charge in [0.15, 0.2) is 0 Å². The smallest absolute Gasteiger partial charge is 0.317 e. The normalized spacial score (nSPS) is 19.6. The molecule has 2 saturated heterocycles. The lowest BCUT2D eigenvalue weighted by Gasteiger charge is -2.34. The van der Waals surface area contributed by atoms with Crippen LogP contribution >= 0.6 is 0 Å². The van der Waals surface area contributed by atoms with Crippen LogP contribution in [0.2, 0.25) is 0 Å². The number of nitrogens with one attached hydrogen (secondary N) is 2. The quantitative estimate of drug-likeness (QED) is 0.134. The Morgan fingerprint density at radius 1 is 0.591 bits per heavy atom. The second-order valence-corrected chi connectivity index (χ2v) is 12.3. The molecule has 2 amide bonds. The third-order valence-electron chi connectivity index (χ3n) is 7.97. The van der Waals surface area contributed by atoms with Gasteiger partial charge in [0.05, 0.1) is 32.7 Å². The second-order valence-electron chi connectivity index (χ2n) is 12.3. The lowest BCUT2D eigenvalue weighted by atomic mass is 10.0. The molecule has 15 heteroatoms. The number of hydrogen-bond acceptors (Lipinski definition) is 10. The lowest BCUT2D eigenvalue weighted by Crippen LogP contribution is -2.51. The van der Waals surface area contributed by atoms with E-state index < -0.39 is 17.9 Å². The summed E-state index contributed by atoms with van der Waals surface area (Å²) in [6.45, 7) is 9.03. The Morgan fingerprint density at radius 2 is 0.955 bits per heavy atom. The molecule has 44 heavy (non-hydrogen) atoms. The zero-order valence-electron chi connectivity index (χ0n) is 26.4. The highest BCUT2D eigenvalue weighted by Crippen LogP contribution is 2.10. The summed E-state index contributed by atoms with van der Waals surface area (Å²) in [6, 6.07) is -0.00691. The number of aliphatic carboxylic acids is 3. The van der Waals surface area contributed by atoms with Gasteiger partial charge in [0.1, 0.15) is 0 Å². The molecule has 0 spiro atoms. The summed E-state index contributed by atoms with van der Waals surface area (Å²) in [5.74, 6) is -2.50. The van der Waals surface area contributed by atoms with Crippen molar-refractivity contribution in [1.29, 1.82) is 0 Å². The van der Waals surface area contributed by atoms with Crippen molar-refractivity contribution in [1.82, 2.24) is 35.1 Å². The highest BCUT2D eigenvalue weighted by Gasteiger charge is 2.24. The van der Waals surface area contributed by atoms with E-state index in [0.29, 0.717) is 84.5 Å². The van der Waals surface area contributed by atoms with Crippen LogP contribution in [0.1, 0.15) is 39.5 Å². The van der Waals surface area contributed by atoms with Crippen LogP contribution in [0, 0.1) is 5.92 Å². The zero-order valence-corrected chi connectivity index (χ0v) is 26.4. The molecule has 0 aromatic heterocycles. The number of rotatable bonds is 15. The van der Waals surface area contributed by atoms with Crippen LogP contribution in [-0.4, -0.2) is 180 Å². The van der Waals surface area contributed by atoms with Gasteiger partial charge in [-0.25, -0.2) is 0 Å². The summed E-state index contributed by atoms with van der Waals surface area (Å²) < 4.78 is 0. The number of amides is 2. The van der Waals surface area contributed by atoms with Crippen molar-refractivity contribution in [2.24, 2.45) is 5.92 Å². The third kappa shape index (κ3) is 16.9. The van der Waals surface area contributed by atoms with Crippen LogP contribution in [0.15, 0.2) is 0 Å². The Morgan fingerprint density at radius 3 is 1.34 bits per heavy atom. The van der Waals surface area contributed by atoms with Crippen molar-refractivity contribution in [3.8, 4) is 0 Å². The van der Waals surface area contributed by atoms with Crippen molar-refractivity contribution in [3.05, 3.63) is 0 Å². The molecule has 0 atom stereocenters. The summed E-state index contributed by atoms with van der Waals surface area (Å²) in [5.41, 5.74) is 0. The van der Waals surface area contributed by atoms with E-state index in [0.717, 1.165) is 25.7 Å². The Labute approximate surface area is 260 Å². The van der Waals surface area contributed by atoms with E-state index in [1.807, 2.05) is 4.90 Å². The number of carbonyl (C=O) groups excluding carboxylic acids is 2. The Kier molecular flexibility index (Phi) is 17.2. The van der Waals surface area contributed by atoms with Crippen molar-refractivity contribution in [2.45, 2.75) is 45.6 Å². The van der Waals surface area contributed by atoms with Gasteiger partial charge in [0, 0.05) is 78.0 Å². The minimum Gasteiger partial charge on any atom is -0.480 e. The van der Waals surface area contributed by atoms with Crippen LogP contribution in [0.3, 0.4) is 0 Å². The maximum atomic E-state index is 13.1. The van der Waals surface area contributed by atoms with Gasteiger partial charge >= 0.3 is 17.9 Å². The molecule has 0 unspecified atom stereocenters. The Balaban J connectivity index is 1.90. The van der Waals surface area contributed by atoms with Crippen LogP contribution in [0.25, 0.3) is 0 Å². The third-order valence-corrected chi connectivity index (χ3v) is 7.97. The SMILES string of the molecule is CC(C)CCCNC(=O)CN1CCC(NC(=O)CN2CCN(CC(=O)O)CCN(CC(=O)O)CCN(CC(=O)O)CC2)CC1. The number of piperidine rings is 1. The second kappa shape index (κ2) is 20.2. The lowest BCUT2D eigenvalue weighted by molar-refractivity contribution is -0.140. The maximum Gasteiger partial charge on any atom is 0.317 e. The number of hydrogen-bond donors (Lipinski definition) is 5. The summed E-state index contributed by atoms with van der Waals surface area (Å²) in [5, 5.41) is 34.2. The maximum absolute atomic E-state index is 13.1. The van der Waals surface area contributed by atoms with Gasteiger partial charge in [-0.3, -0.25) is 48.5 Å². The van der Waals surface area contributed by atoms with Crippen molar-refractivity contribution >= 4 is 29.7 Å². The number of nitrogens with zero attached hydrogens (tertiary/aromatic N) is 5. The van der Waals surface area contributed by atoms with E-state index >= 15 is 0 Å². The van der Waals surface area contributed by atoms with Crippen LogP contribution in [0.4, 0.5) is 0 Å². The first-order valence-corrected chi connectivity index (χ1v) is 15.7. The van der Waals surface area contributed by atoms with Gasteiger partial charge in [-0.2, -0.15) is 0 Å². The monoisotopic (exact) mass is 627 g/mol.